The molecule has 0 atom stereocenters. The molecule has 0 amide bonds. The molecule has 2 aromatic rings. The van der Waals surface area contributed by atoms with Crippen LogP contribution < -0.4 is 5.32 Å². The summed E-state index contributed by atoms with van der Waals surface area (Å²) in [7, 11) is 3.88. The minimum Gasteiger partial charge on any atom is -0.351 e. The first-order valence-electron chi connectivity index (χ1n) is 7.52. The Hall–Kier alpha value is -1.15. The molecule has 1 N–H and O–H groups in total. The lowest BCUT2D eigenvalue weighted by atomic mass is 10.1. The van der Waals surface area contributed by atoms with Crippen molar-refractivity contribution in [2.24, 2.45) is 4.99 Å². The van der Waals surface area contributed by atoms with Gasteiger partial charge < -0.3 is 10.2 Å². The summed E-state index contributed by atoms with van der Waals surface area (Å²) < 4.78 is 0. The second-order valence-electron chi connectivity index (χ2n) is 5.29. The number of aromatic nitrogens is 1. The minimum atomic E-state index is 0. The van der Waals surface area contributed by atoms with Gasteiger partial charge in [-0.25, -0.2) is 4.98 Å². The maximum atomic E-state index is 4.36. The molecule has 2 rings (SSSR count). The molecular weight excluding hydrogens is 419 g/mol. The lowest BCUT2D eigenvalue weighted by Crippen LogP contribution is -2.38. The molecule has 126 valence electrons. The number of thiazole rings is 1. The maximum Gasteiger partial charge on any atom is 0.193 e. The average Bonchev–Trinajstić information content (AvgIpc) is 2.94. The van der Waals surface area contributed by atoms with E-state index in [1.54, 1.807) is 11.3 Å². The fraction of sp³-hybridized carbons (Fsp3) is 0.412. The van der Waals surface area contributed by atoms with Crippen LogP contribution in [-0.4, -0.2) is 29.9 Å². The van der Waals surface area contributed by atoms with Crippen LogP contribution in [0, 0.1) is 6.92 Å². The summed E-state index contributed by atoms with van der Waals surface area (Å²) in [6.07, 6.45) is 1.08. The van der Waals surface area contributed by atoms with E-state index in [1.807, 2.05) is 19.5 Å². The molecule has 23 heavy (non-hydrogen) atoms. The summed E-state index contributed by atoms with van der Waals surface area (Å²) >= 11 is 1.67. The number of rotatable bonds is 5. The molecule has 0 fully saturated rings. The first kappa shape index (κ1) is 19.9. The van der Waals surface area contributed by atoms with E-state index in [0.29, 0.717) is 0 Å². The van der Waals surface area contributed by atoms with Crippen LogP contribution >= 0.6 is 35.3 Å². The second-order valence-corrected chi connectivity index (χ2v) is 6.23. The number of aliphatic imine (C=N–C) groups is 1. The van der Waals surface area contributed by atoms with Gasteiger partial charge in [-0.05, 0) is 24.5 Å². The number of aryl methyl sites for hydroxylation is 2. The van der Waals surface area contributed by atoms with E-state index in [9.17, 15) is 0 Å². The number of halogens is 1. The van der Waals surface area contributed by atoms with Gasteiger partial charge in [0.1, 0.15) is 0 Å². The Morgan fingerprint density at radius 1 is 1.26 bits per heavy atom. The fourth-order valence-electron chi connectivity index (χ4n) is 2.27. The molecule has 0 spiro atoms. The first-order chi connectivity index (χ1) is 10.6. The SMILES string of the molecule is CCc1ccc(CN(C)C(=NC)NCc2scnc2C)cc1.I. The van der Waals surface area contributed by atoms with Gasteiger partial charge in [0.25, 0.3) is 0 Å². The van der Waals surface area contributed by atoms with Gasteiger partial charge in [0.05, 0.1) is 17.7 Å². The molecule has 0 unspecified atom stereocenters. The summed E-state index contributed by atoms with van der Waals surface area (Å²) in [6.45, 7) is 5.82. The van der Waals surface area contributed by atoms with Gasteiger partial charge in [0.15, 0.2) is 5.96 Å². The fourth-order valence-corrected chi connectivity index (χ4v) is 2.99. The van der Waals surface area contributed by atoms with Crippen LogP contribution in [0.15, 0.2) is 34.8 Å². The van der Waals surface area contributed by atoms with Gasteiger partial charge in [-0.3, -0.25) is 4.99 Å². The molecule has 0 radical (unpaired) electrons. The predicted octanol–water partition coefficient (Wildman–Crippen LogP) is 3.84. The van der Waals surface area contributed by atoms with E-state index in [0.717, 1.165) is 31.2 Å². The number of nitrogens with zero attached hydrogens (tertiary/aromatic N) is 3. The van der Waals surface area contributed by atoms with Gasteiger partial charge in [0, 0.05) is 25.5 Å². The molecule has 1 aromatic carbocycles. The van der Waals surface area contributed by atoms with Crippen molar-refractivity contribution in [3.8, 4) is 0 Å². The Balaban J connectivity index is 0.00000264. The van der Waals surface area contributed by atoms with Gasteiger partial charge >= 0.3 is 0 Å². The van der Waals surface area contributed by atoms with Crippen molar-refractivity contribution in [1.82, 2.24) is 15.2 Å². The lowest BCUT2D eigenvalue weighted by molar-refractivity contribution is 0.477. The van der Waals surface area contributed by atoms with Gasteiger partial charge in [0.2, 0.25) is 0 Å². The van der Waals surface area contributed by atoms with Crippen LogP contribution in [0.1, 0.15) is 28.6 Å². The number of guanidine groups is 1. The molecule has 1 aromatic heterocycles. The van der Waals surface area contributed by atoms with Crippen LogP contribution in [0.4, 0.5) is 0 Å². The first-order valence-corrected chi connectivity index (χ1v) is 8.40. The summed E-state index contributed by atoms with van der Waals surface area (Å²) in [5, 5.41) is 3.40. The standard InChI is InChI=1S/C17H24N4S.HI/c1-5-14-6-8-15(9-7-14)11-21(4)17(18-3)19-10-16-13(2)20-12-22-16;/h6-9,12H,5,10-11H2,1-4H3,(H,18,19);1H. The summed E-state index contributed by atoms with van der Waals surface area (Å²) in [4.78, 5) is 12.0. The van der Waals surface area contributed by atoms with E-state index in [2.05, 4.69) is 58.4 Å². The Labute approximate surface area is 160 Å². The van der Waals surface area contributed by atoms with Crippen molar-refractivity contribution in [1.29, 1.82) is 0 Å². The zero-order valence-corrected chi connectivity index (χ0v) is 17.3. The van der Waals surface area contributed by atoms with Crippen LogP contribution in [0.3, 0.4) is 0 Å². The van der Waals surface area contributed by atoms with E-state index in [1.165, 1.54) is 16.0 Å². The van der Waals surface area contributed by atoms with Crippen LogP contribution in [-0.2, 0) is 19.5 Å². The van der Waals surface area contributed by atoms with E-state index < -0.39 is 0 Å². The van der Waals surface area contributed by atoms with Crippen LogP contribution in [0.2, 0.25) is 0 Å². The van der Waals surface area contributed by atoms with E-state index in [4.69, 9.17) is 0 Å². The third kappa shape index (κ3) is 5.76. The highest BCUT2D eigenvalue weighted by Gasteiger charge is 2.08. The third-order valence-corrected chi connectivity index (χ3v) is 4.61. The highest BCUT2D eigenvalue weighted by molar-refractivity contribution is 14.0. The Bertz CT molecular complexity index is 622. The van der Waals surface area contributed by atoms with E-state index in [-0.39, 0.29) is 24.0 Å². The molecule has 0 aliphatic heterocycles. The normalized spacial score (nSPS) is 11.0. The highest BCUT2D eigenvalue weighted by Crippen LogP contribution is 2.12. The lowest BCUT2D eigenvalue weighted by Gasteiger charge is -2.22. The molecular formula is C17H25IN4S. The summed E-state index contributed by atoms with van der Waals surface area (Å²) in [5.74, 6) is 0.896. The topological polar surface area (TPSA) is 40.5 Å². The van der Waals surface area contributed by atoms with Crippen molar-refractivity contribution in [2.75, 3.05) is 14.1 Å². The Morgan fingerprint density at radius 3 is 2.43 bits per heavy atom. The molecule has 0 aliphatic carbocycles. The van der Waals surface area contributed by atoms with Crippen molar-refractivity contribution in [3.63, 3.8) is 0 Å². The quantitative estimate of drug-likeness (QED) is 0.433. The monoisotopic (exact) mass is 444 g/mol. The predicted molar refractivity (Wildman–Crippen MR) is 110 cm³/mol. The third-order valence-electron chi connectivity index (χ3n) is 3.68. The number of benzene rings is 1. The van der Waals surface area contributed by atoms with Crippen LogP contribution in [0.5, 0.6) is 0 Å². The molecule has 0 saturated heterocycles. The van der Waals surface area contributed by atoms with Crippen LogP contribution in [0.25, 0.3) is 0 Å². The zero-order chi connectivity index (χ0) is 15.9. The molecule has 0 saturated carbocycles. The van der Waals surface area contributed by atoms with Gasteiger partial charge in [-0.15, -0.1) is 35.3 Å². The van der Waals surface area contributed by atoms with E-state index >= 15 is 0 Å². The smallest absolute Gasteiger partial charge is 0.193 e. The average molecular weight is 444 g/mol. The minimum absolute atomic E-state index is 0. The molecule has 0 bridgehead atoms. The van der Waals surface area contributed by atoms with Crippen molar-refractivity contribution in [3.05, 3.63) is 51.5 Å². The number of nitrogens with one attached hydrogen (secondary N) is 1. The van der Waals surface area contributed by atoms with Crippen molar-refractivity contribution in [2.45, 2.75) is 33.4 Å². The van der Waals surface area contributed by atoms with Gasteiger partial charge in [-0.2, -0.15) is 0 Å². The molecule has 4 nitrogen and oxygen atoms in total. The van der Waals surface area contributed by atoms with Gasteiger partial charge in [-0.1, -0.05) is 31.2 Å². The summed E-state index contributed by atoms with van der Waals surface area (Å²) in [6, 6.07) is 8.77. The molecule has 6 heteroatoms. The Kier molecular flexibility index (Phi) is 8.54. The highest BCUT2D eigenvalue weighted by atomic mass is 127. The summed E-state index contributed by atoms with van der Waals surface area (Å²) in [5.41, 5.74) is 5.63. The van der Waals surface area contributed by atoms with Crippen molar-refractivity contribution < 1.29 is 0 Å². The molecule has 1 heterocycles. The Morgan fingerprint density at radius 2 is 1.91 bits per heavy atom. The number of hydrogen-bond acceptors (Lipinski definition) is 3. The molecule has 0 aliphatic rings. The maximum absolute atomic E-state index is 4.36. The number of hydrogen-bond donors (Lipinski definition) is 1. The largest absolute Gasteiger partial charge is 0.351 e. The van der Waals surface area contributed by atoms with Crippen molar-refractivity contribution >= 4 is 41.3 Å². The second kappa shape index (κ2) is 9.87. The zero-order valence-electron chi connectivity index (χ0n) is 14.2.